The van der Waals surface area contributed by atoms with Crippen LogP contribution in [-0.2, 0) is 14.3 Å². The Balaban J connectivity index is 1.76. The second-order valence-electron chi connectivity index (χ2n) is 15.9. The Morgan fingerprint density at radius 3 is 2.29 bits per heavy atom. The van der Waals surface area contributed by atoms with Crippen LogP contribution in [0.25, 0.3) is 0 Å². The van der Waals surface area contributed by atoms with Crippen LogP contribution in [0.2, 0.25) is 0 Å². The third kappa shape index (κ3) is 8.13. The zero-order valence-corrected chi connectivity index (χ0v) is 31.3. The zero-order chi connectivity index (χ0) is 38.0. The minimum atomic E-state index is -2.08. The van der Waals surface area contributed by atoms with Gasteiger partial charge >= 0.3 is 11.9 Å². The highest BCUT2D eigenvalue weighted by molar-refractivity contribution is 6.03. The van der Waals surface area contributed by atoms with Crippen LogP contribution in [0.1, 0.15) is 132 Å². The van der Waals surface area contributed by atoms with Crippen LogP contribution in [0.15, 0.2) is 35.0 Å². The lowest BCUT2D eigenvalue weighted by Crippen LogP contribution is -2.62. The molecular weight excluding hydrogens is 672 g/mol. The number of carbonyl (C=O) groups excluding carboxylic acids is 2. The van der Waals surface area contributed by atoms with E-state index < -0.39 is 46.8 Å². The first-order valence-electron chi connectivity index (χ1n) is 18.3. The average molecular weight is 727 g/mol. The van der Waals surface area contributed by atoms with Gasteiger partial charge in [-0.3, -0.25) is 0 Å². The first kappa shape index (κ1) is 39.2. The Kier molecular flexibility index (Phi) is 11.7. The predicted octanol–water partition coefficient (Wildman–Crippen LogP) is 5.21. The molecule has 2 aliphatic carbocycles. The number of aliphatic hydroxyl groups is 3. The summed E-state index contributed by atoms with van der Waals surface area (Å²) >= 11 is 0. The van der Waals surface area contributed by atoms with Gasteiger partial charge in [0.2, 0.25) is 11.5 Å². The molecule has 6 unspecified atom stereocenters. The number of ether oxygens (including phenoxy) is 3. The minimum absolute atomic E-state index is 0.00937. The molecule has 52 heavy (non-hydrogen) atoms. The molecule has 2 aromatic rings. The maximum absolute atomic E-state index is 14.0. The Morgan fingerprint density at radius 1 is 1.00 bits per heavy atom. The molecule has 1 aliphatic heterocycles. The number of phenolic OH excluding ortho intramolecular Hbond substituents is 1. The zero-order valence-electron chi connectivity index (χ0n) is 31.3. The number of fused-ring (bicyclic) bond motifs is 2. The molecule has 1 aromatic heterocycles. The quantitative estimate of drug-likeness (QED) is 0.120. The summed E-state index contributed by atoms with van der Waals surface area (Å²) in [5, 5.41) is 56.3. The van der Waals surface area contributed by atoms with Crippen LogP contribution in [0, 0.1) is 17.8 Å². The van der Waals surface area contributed by atoms with E-state index in [1.54, 1.807) is 53.7 Å². The van der Waals surface area contributed by atoms with Crippen molar-refractivity contribution >= 4 is 17.7 Å². The van der Waals surface area contributed by atoms with E-state index in [4.69, 9.17) is 19.0 Å². The average Bonchev–Trinajstić information content (AvgIpc) is 3.49. The number of hydrogen-bond acceptors (Lipinski definition) is 13. The summed E-state index contributed by atoms with van der Waals surface area (Å²) < 4.78 is 19.2. The molecule has 0 saturated heterocycles. The Bertz CT molecular complexity index is 1670. The van der Waals surface area contributed by atoms with Gasteiger partial charge < -0.3 is 39.5 Å². The smallest absolute Gasteiger partial charge is 0.362 e. The van der Waals surface area contributed by atoms with E-state index in [0.29, 0.717) is 48.3 Å². The third-order valence-electron chi connectivity index (χ3n) is 9.74. The lowest BCUT2D eigenvalue weighted by atomic mass is 9.55. The second kappa shape index (κ2) is 15.5. The Labute approximate surface area is 304 Å². The normalized spacial score (nSPS) is 26.2. The van der Waals surface area contributed by atoms with Gasteiger partial charge in [0.25, 0.3) is 0 Å². The number of aliphatic hydroxyl groups excluding tert-OH is 2. The standard InChI is InChI=1S/C38H54N4O10/c1-8-49-40-27-21-29(42-33(35(47)52-37(5,6)7)32(39-41-42)34(46)51-36(2,3)4)38(48)31-25(27)19-22(13-9-11-17-43)24(14-10-12-18-44)30(31)26-20-23(45)15-16-28(26)50-38/h15-16,19-20,22,24,29-31,43-45,48H,8-14,17-18,21H2,1-7H3. The first-order valence-corrected chi connectivity index (χ1v) is 18.3. The van der Waals surface area contributed by atoms with Crippen molar-refractivity contribution in [3.05, 3.63) is 46.8 Å². The van der Waals surface area contributed by atoms with Crippen LogP contribution in [-0.4, -0.2) is 89.9 Å². The largest absolute Gasteiger partial charge is 0.508 e. The predicted molar refractivity (Wildman–Crippen MR) is 190 cm³/mol. The molecule has 6 atom stereocenters. The Morgan fingerprint density at radius 2 is 1.65 bits per heavy atom. The maximum atomic E-state index is 14.0. The number of rotatable bonds is 13. The lowest BCUT2D eigenvalue weighted by molar-refractivity contribution is -0.225. The minimum Gasteiger partial charge on any atom is -0.508 e. The molecular formula is C38H54N4O10. The number of phenols is 1. The van der Waals surface area contributed by atoms with Gasteiger partial charge in [0.1, 0.15) is 35.3 Å². The van der Waals surface area contributed by atoms with Crippen molar-refractivity contribution in [2.24, 2.45) is 22.9 Å². The van der Waals surface area contributed by atoms with Crippen molar-refractivity contribution in [3.63, 3.8) is 0 Å². The number of nitrogens with zero attached hydrogens (tertiary/aromatic N) is 4. The topological polar surface area (TPSA) is 195 Å². The van der Waals surface area contributed by atoms with E-state index in [1.807, 2.05) is 6.92 Å². The van der Waals surface area contributed by atoms with Gasteiger partial charge in [0.05, 0.1) is 11.6 Å². The number of hydrogen-bond donors (Lipinski definition) is 4. The molecule has 1 fully saturated rings. The van der Waals surface area contributed by atoms with Crippen LogP contribution >= 0.6 is 0 Å². The van der Waals surface area contributed by atoms with E-state index in [0.717, 1.165) is 12.8 Å². The molecule has 0 spiro atoms. The summed E-state index contributed by atoms with van der Waals surface area (Å²) in [7, 11) is 0. The molecule has 0 amide bonds. The molecule has 286 valence electrons. The number of benzene rings is 1. The molecule has 1 aromatic carbocycles. The molecule has 1 saturated carbocycles. The van der Waals surface area contributed by atoms with Crippen molar-refractivity contribution in [2.45, 2.75) is 122 Å². The summed E-state index contributed by atoms with van der Waals surface area (Å²) in [5.74, 6) is -4.78. The first-order chi connectivity index (χ1) is 24.5. The van der Waals surface area contributed by atoms with Gasteiger partial charge in [-0.1, -0.05) is 29.3 Å². The van der Waals surface area contributed by atoms with Crippen LogP contribution in [0.5, 0.6) is 11.5 Å². The fourth-order valence-electron chi connectivity index (χ4n) is 7.84. The van der Waals surface area contributed by atoms with Crippen molar-refractivity contribution < 1.29 is 49.1 Å². The maximum Gasteiger partial charge on any atom is 0.362 e. The summed E-state index contributed by atoms with van der Waals surface area (Å²) in [5.41, 5.74) is -0.624. The molecule has 5 rings (SSSR count). The fraction of sp³-hybridized carbons (Fsp3) is 0.658. The lowest BCUT2D eigenvalue weighted by Gasteiger charge is -2.56. The van der Waals surface area contributed by atoms with Gasteiger partial charge in [-0.2, -0.15) is 0 Å². The summed E-state index contributed by atoms with van der Waals surface area (Å²) in [6.07, 6.45) is 6.24. The number of aromatic nitrogens is 3. The molecule has 0 bridgehead atoms. The molecule has 14 heteroatoms. The molecule has 0 radical (unpaired) electrons. The van der Waals surface area contributed by atoms with E-state index in [2.05, 4.69) is 21.5 Å². The number of allylic oxidation sites excluding steroid dienone is 1. The molecule has 14 nitrogen and oxygen atoms in total. The highest BCUT2D eigenvalue weighted by atomic mass is 16.6. The van der Waals surface area contributed by atoms with E-state index in [-0.39, 0.29) is 55.2 Å². The molecule has 3 aliphatic rings. The van der Waals surface area contributed by atoms with Crippen molar-refractivity contribution in [1.82, 2.24) is 15.0 Å². The van der Waals surface area contributed by atoms with E-state index in [1.165, 1.54) is 10.7 Å². The molecule has 2 heterocycles. The van der Waals surface area contributed by atoms with Gasteiger partial charge in [-0.25, -0.2) is 14.3 Å². The Hall–Kier alpha value is -4.01. The highest BCUT2D eigenvalue weighted by Crippen LogP contribution is 2.62. The number of aromatic hydroxyl groups is 1. The van der Waals surface area contributed by atoms with Crippen molar-refractivity contribution in [3.8, 4) is 11.5 Å². The number of oxime groups is 1. The number of esters is 2. The SMILES string of the molecule is CCON=C1CC(n2nnc(C(=O)OC(C)(C)C)c2C(=O)OC(C)(C)C)C2(O)Oc3ccc(O)cc3C3C(CCCCO)C(CCCCO)C=C1C32. The van der Waals surface area contributed by atoms with Crippen LogP contribution in [0.3, 0.4) is 0 Å². The van der Waals surface area contributed by atoms with Gasteiger partial charge in [-0.05, 0) is 110 Å². The number of unbranched alkanes of at least 4 members (excludes halogenated alkanes) is 2. The third-order valence-corrected chi connectivity index (χ3v) is 9.74. The monoisotopic (exact) mass is 726 g/mol. The summed E-state index contributed by atoms with van der Waals surface area (Å²) in [4.78, 5) is 33.2. The summed E-state index contributed by atoms with van der Waals surface area (Å²) in [6, 6.07) is 3.60. The summed E-state index contributed by atoms with van der Waals surface area (Å²) in [6.45, 7) is 12.3. The van der Waals surface area contributed by atoms with Crippen molar-refractivity contribution in [2.75, 3.05) is 19.8 Å². The second-order valence-corrected chi connectivity index (χ2v) is 15.9. The van der Waals surface area contributed by atoms with Crippen molar-refractivity contribution in [1.29, 1.82) is 0 Å². The van der Waals surface area contributed by atoms with Crippen LogP contribution in [0.4, 0.5) is 0 Å². The van der Waals surface area contributed by atoms with Crippen LogP contribution < -0.4 is 4.74 Å². The van der Waals surface area contributed by atoms with E-state index in [9.17, 15) is 30.0 Å². The fourth-order valence-corrected chi connectivity index (χ4v) is 7.84. The number of carbonyl (C=O) groups is 2. The van der Waals surface area contributed by atoms with Gasteiger partial charge in [0, 0.05) is 31.1 Å². The van der Waals surface area contributed by atoms with Gasteiger partial charge in [-0.15, -0.1) is 5.10 Å². The van der Waals surface area contributed by atoms with E-state index >= 15 is 0 Å². The highest BCUT2D eigenvalue weighted by Gasteiger charge is 2.64. The van der Waals surface area contributed by atoms with Gasteiger partial charge in [0.15, 0.2) is 5.69 Å². The molecule has 4 N–H and O–H groups in total.